The molecular formula is C22H30N2O5S. The third-order valence-corrected chi connectivity index (χ3v) is 6.71. The summed E-state index contributed by atoms with van der Waals surface area (Å²) in [5, 5.41) is 2.86. The standard InChI is InChI=1S/C22H30N2O5S/c1-15(2)17(4)23-22(25)14-24(20-13-18(28-5)9-12-21(20)29-6)30(26,27)19-10-7-16(3)8-11-19/h7-13,15,17H,14H2,1-6H3,(H,23,25)/t17-/m0/s1. The van der Waals surface area contributed by atoms with Crippen molar-refractivity contribution in [2.75, 3.05) is 25.1 Å². The lowest BCUT2D eigenvalue weighted by Crippen LogP contribution is -2.45. The number of nitrogens with zero attached hydrogens (tertiary/aromatic N) is 1. The van der Waals surface area contributed by atoms with Gasteiger partial charge in [-0.15, -0.1) is 0 Å². The van der Waals surface area contributed by atoms with Gasteiger partial charge >= 0.3 is 0 Å². The first-order valence-electron chi connectivity index (χ1n) is 9.71. The molecule has 30 heavy (non-hydrogen) atoms. The highest BCUT2D eigenvalue weighted by molar-refractivity contribution is 7.92. The van der Waals surface area contributed by atoms with Gasteiger partial charge in [0, 0.05) is 12.1 Å². The number of hydrogen-bond acceptors (Lipinski definition) is 5. The Morgan fingerprint density at radius 2 is 1.67 bits per heavy atom. The molecule has 0 aliphatic heterocycles. The molecule has 7 nitrogen and oxygen atoms in total. The van der Waals surface area contributed by atoms with Gasteiger partial charge in [-0.3, -0.25) is 9.10 Å². The fourth-order valence-corrected chi connectivity index (χ4v) is 4.15. The van der Waals surface area contributed by atoms with E-state index in [1.54, 1.807) is 30.3 Å². The molecule has 1 N–H and O–H groups in total. The smallest absolute Gasteiger partial charge is 0.264 e. The maximum absolute atomic E-state index is 13.5. The highest BCUT2D eigenvalue weighted by Gasteiger charge is 2.30. The van der Waals surface area contributed by atoms with Gasteiger partial charge in [-0.25, -0.2) is 8.42 Å². The summed E-state index contributed by atoms with van der Waals surface area (Å²) in [6.45, 7) is 7.33. The maximum Gasteiger partial charge on any atom is 0.264 e. The molecule has 0 aromatic heterocycles. The van der Waals surface area contributed by atoms with Crippen LogP contribution in [0.4, 0.5) is 5.69 Å². The zero-order valence-corrected chi connectivity index (χ0v) is 19.1. The van der Waals surface area contributed by atoms with Gasteiger partial charge in [-0.1, -0.05) is 31.5 Å². The molecule has 0 heterocycles. The van der Waals surface area contributed by atoms with Crippen LogP contribution in [0.25, 0.3) is 0 Å². The first-order chi connectivity index (χ1) is 14.1. The molecule has 2 aromatic carbocycles. The van der Waals surface area contributed by atoms with E-state index in [9.17, 15) is 13.2 Å². The van der Waals surface area contributed by atoms with Crippen molar-refractivity contribution in [1.29, 1.82) is 0 Å². The van der Waals surface area contributed by atoms with E-state index in [2.05, 4.69) is 5.32 Å². The van der Waals surface area contributed by atoms with Crippen molar-refractivity contribution in [2.45, 2.75) is 38.6 Å². The van der Waals surface area contributed by atoms with Gasteiger partial charge in [0.15, 0.2) is 0 Å². The number of ether oxygens (including phenoxy) is 2. The zero-order valence-electron chi connectivity index (χ0n) is 18.3. The van der Waals surface area contributed by atoms with Gasteiger partial charge in [0.05, 0.1) is 24.8 Å². The number of nitrogens with one attached hydrogen (secondary N) is 1. The van der Waals surface area contributed by atoms with Gasteiger partial charge in [-0.2, -0.15) is 0 Å². The van der Waals surface area contributed by atoms with Crippen LogP contribution in [0.2, 0.25) is 0 Å². The van der Waals surface area contributed by atoms with Crippen LogP contribution in [0, 0.1) is 12.8 Å². The fourth-order valence-electron chi connectivity index (χ4n) is 2.73. The van der Waals surface area contributed by atoms with E-state index in [0.717, 1.165) is 9.87 Å². The number of rotatable bonds is 9. The summed E-state index contributed by atoms with van der Waals surface area (Å²) < 4.78 is 38.7. The summed E-state index contributed by atoms with van der Waals surface area (Å²) >= 11 is 0. The van der Waals surface area contributed by atoms with Crippen molar-refractivity contribution >= 4 is 21.6 Å². The number of methoxy groups -OCH3 is 2. The van der Waals surface area contributed by atoms with Crippen molar-refractivity contribution in [3.8, 4) is 11.5 Å². The molecule has 1 amide bonds. The molecule has 2 rings (SSSR count). The van der Waals surface area contributed by atoms with Crippen LogP contribution < -0.4 is 19.1 Å². The molecule has 0 unspecified atom stereocenters. The van der Waals surface area contributed by atoms with Crippen LogP contribution in [0.15, 0.2) is 47.4 Å². The van der Waals surface area contributed by atoms with Gasteiger partial charge in [0.25, 0.3) is 10.0 Å². The van der Waals surface area contributed by atoms with Crippen molar-refractivity contribution < 1.29 is 22.7 Å². The van der Waals surface area contributed by atoms with Crippen LogP contribution in [0.1, 0.15) is 26.3 Å². The third-order valence-electron chi connectivity index (χ3n) is 4.94. The van der Waals surface area contributed by atoms with Gasteiger partial charge in [0.2, 0.25) is 5.91 Å². The minimum atomic E-state index is -4.04. The first-order valence-corrected chi connectivity index (χ1v) is 11.1. The Morgan fingerprint density at radius 1 is 1.03 bits per heavy atom. The van der Waals surface area contributed by atoms with Crippen LogP contribution in [0.3, 0.4) is 0 Å². The maximum atomic E-state index is 13.5. The highest BCUT2D eigenvalue weighted by Crippen LogP contribution is 2.35. The lowest BCUT2D eigenvalue weighted by Gasteiger charge is -2.27. The molecule has 1 atom stereocenters. The summed E-state index contributed by atoms with van der Waals surface area (Å²) in [5.41, 5.74) is 1.16. The molecular weight excluding hydrogens is 404 g/mol. The van der Waals surface area contributed by atoms with Crippen molar-refractivity contribution in [1.82, 2.24) is 5.32 Å². The van der Waals surface area contributed by atoms with E-state index < -0.39 is 22.5 Å². The molecule has 0 radical (unpaired) electrons. The molecule has 0 saturated carbocycles. The lowest BCUT2D eigenvalue weighted by molar-refractivity contribution is -0.120. The van der Waals surface area contributed by atoms with Crippen molar-refractivity contribution in [3.05, 3.63) is 48.0 Å². The molecule has 8 heteroatoms. The largest absolute Gasteiger partial charge is 0.497 e. The number of hydrogen-bond donors (Lipinski definition) is 1. The minimum absolute atomic E-state index is 0.0858. The molecule has 164 valence electrons. The number of sulfonamides is 1. The molecule has 0 spiro atoms. The second-order valence-electron chi connectivity index (χ2n) is 7.46. The number of carbonyl (C=O) groups is 1. The summed E-state index contributed by atoms with van der Waals surface area (Å²) in [4.78, 5) is 12.8. The van der Waals surface area contributed by atoms with Gasteiger partial charge in [-0.05, 0) is 44.0 Å². The number of anilines is 1. The second-order valence-corrected chi connectivity index (χ2v) is 9.33. The van der Waals surface area contributed by atoms with E-state index in [1.807, 2.05) is 27.7 Å². The fraction of sp³-hybridized carbons (Fsp3) is 0.409. The summed E-state index contributed by atoms with van der Waals surface area (Å²) in [6, 6.07) is 11.2. The zero-order chi connectivity index (χ0) is 22.5. The Bertz CT molecular complexity index is 972. The van der Waals surface area contributed by atoms with Gasteiger partial charge in [0.1, 0.15) is 18.0 Å². The number of aryl methyl sites for hydroxylation is 1. The Morgan fingerprint density at radius 3 is 2.20 bits per heavy atom. The first kappa shape index (κ1) is 23.5. The van der Waals surface area contributed by atoms with Crippen molar-refractivity contribution in [3.63, 3.8) is 0 Å². The summed E-state index contributed by atoms with van der Waals surface area (Å²) in [5.74, 6) is 0.571. The Kier molecular flexibility index (Phi) is 7.72. The van der Waals surface area contributed by atoms with Crippen LogP contribution in [-0.2, 0) is 14.8 Å². The SMILES string of the molecule is COc1ccc(OC)c(N(CC(=O)N[C@@H](C)C(C)C)S(=O)(=O)c2ccc(C)cc2)c1. The van der Waals surface area contributed by atoms with E-state index in [0.29, 0.717) is 11.5 Å². The summed E-state index contributed by atoms with van der Waals surface area (Å²) in [7, 11) is -1.11. The monoisotopic (exact) mass is 434 g/mol. The topological polar surface area (TPSA) is 84.9 Å². The third kappa shape index (κ3) is 5.44. The van der Waals surface area contributed by atoms with E-state index in [-0.39, 0.29) is 22.5 Å². The van der Waals surface area contributed by atoms with Gasteiger partial charge < -0.3 is 14.8 Å². The van der Waals surface area contributed by atoms with E-state index in [1.165, 1.54) is 26.4 Å². The number of benzene rings is 2. The van der Waals surface area contributed by atoms with Crippen LogP contribution >= 0.6 is 0 Å². The average molecular weight is 435 g/mol. The second kappa shape index (κ2) is 9.84. The lowest BCUT2D eigenvalue weighted by atomic mass is 10.1. The number of amides is 1. The molecule has 0 saturated heterocycles. The predicted molar refractivity (Wildman–Crippen MR) is 118 cm³/mol. The quantitative estimate of drug-likeness (QED) is 0.654. The molecule has 0 aliphatic carbocycles. The van der Waals surface area contributed by atoms with Crippen LogP contribution in [-0.4, -0.2) is 41.1 Å². The van der Waals surface area contributed by atoms with E-state index in [4.69, 9.17) is 9.47 Å². The molecule has 0 bridgehead atoms. The summed E-state index contributed by atoms with van der Waals surface area (Å²) in [6.07, 6.45) is 0. The number of carbonyl (C=O) groups excluding carboxylic acids is 1. The minimum Gasteiger partial charge on any atom is -0.497 e. The Hall–Kier alpha value is -2.74. The Labute approximate surface area is 179 Å². The highest BCUT2D eigenvalue weighted by atomic mass is 32.2. The molecule has 0 fully saturated rings. The predicted octanol–water partition coefficient (Wildman–Crippen LogP) is 3.37. The average Bonchev–Trinajstić information content (AvgIpc) is 2.71. The van der Waals surface area contributed by atoms with Crippen LogP contribution in [0.5, 0.6) is 11.5 Å². The molecule has 0 aliphatic rings. The molecule has 2 aromatic rings. The van der Waals surface area contributed by atoms with E-state index >= 15 is 0 Å². The normalized spacial score (nSPS) is 12.4. The van der Waals surface area contributed by atoms with Crippen molar-refractivity contribution in [2.24, 2.45) is 5.92 Å². The Balaban J connectivity index is 2.55.